The van der Waals surface area contributed by atoms with Crippen molar-refractivity contribution in [2.45, 2.75) is 25.0 Å². The number of rotatable bonds is 7. The smallest absolute Gasteiger partial charge is 0.230 e. The first kappa shape index (κ1) is 22.8. The molecule has 174 valence electrons. The van der Waals surface area contributed by atoms with E-state index < -0.39 is 0 Å². The maximum absolute atomic E-state index is 12.9. The average Bonchev–Trinajstić information content (AvgIpc) is 3.32. The zero-order valence-corrected chi connectivity index (χ0v) is 20.4. The maximum atomic E-state index is 12.9. The number of nitrogens with one attached hydrogen (secondary N) is 1. The third kappa shape index (κ3) is 4.95. The third-order valence-corrected chi connectivity index (χ3v) is 6.79. The third-order valence-electron chi connectivity index (χ3n) is 5.86. The van der Waals surface area contributed by atoms with E-state index in [-0.39, 0.29) is 17.7 Å². The van der Waals surface area contributed by atoms with Crippen molar-refractivity contribution in [3.05, 3.63) is 102 Å². The van der Waals surface area contributed by atoms with E-state index in [4.69, 9.17) is 0 Å². The molecule has 0 saturated heterocycles. The second-order valence-corrected chi connectivity index (χ2v) is 9.30. The molecule has 0 radical (unpaired) electrons. The molecule has 5 aromatic rings. The molecule has 1 N–H and O–H groups in total. The van der Waals surface area contributed by atoms with E-state index in [1.807, 2.05) is 54.0 Å². The largest absolute Gasteiger partial charge is 0.349 e. The van der Waals surface area contributed by atoms with Crippen LogP contribution in [0, 0.1) is 6.92 Å². The molecule has 0 aliphatic rings. The molecular weight excluding hydrogens is 454 g/mol. The SMILES string of the molecule is Cc1ccc(-n2c(SCC(=O)NC(C)c3cccc4ccccc34)nnc2-c2ccncc2)cc1. The summed E-state index contributed by atoms with van der Waals surface area (Å²) in [7, 11) is 0. The van der Waals surface area contributed by atoms with Crippen molar-refractivity contribution >= 4 is 28.4 Å². The molecule has 0 fully saturated rings. The molecule has 3 aromatic carbocycles. The molecule has 2 aromatic heterocycles. The summed E-state index contributed by atoms with van der Waals surface area (Å²) < 4.78 is 1.99. The quantitative estimate of drug-likeness (QED) is 0.301. The minimum atomic E-state index is -0.114. The Labute approximate surface area is 208 Å². The summed E-state index contributed by atoms with van der Waals surface area (Å²) >= 11 is 1.37. The van der Waals surface area contributed by atoms with Gasteiger partial charge in [-0.1, -0.05) is 71.9 Å². The number of carbonyl (C=O) groups is 1. The Bertz CT molecular complexity index is 1460. The van der Waals surface area contributed by atoms with Gasteiger partial charge in [0.05, 0.1) is 11.8 Å². The molecule has 0 aliphatic heterocycles. The van der Waals surface area contributed by atoms with Crippen LogP contribution in [-0.2, 0) is 4.79 Å². The van der Waals surface area contributed by atoms with Crippen LogP contribution in [-0.4, -0.2) is 31.4 Å². The Hall–Kier alpha value is -3.97. The highest BCUT2D eigenvalue weighted by Crippen LogP contribution is 2.28. The molecule has 1 unspecified atom stereocenters. The number of carbonyl (C=O) groups excluding carboxylic acids is 1. The maximum Gasteiger partial charge on any atom is 0.230 e. The number of pyridine rings is 1. The molecule has 6 nitrogen and oxygen atoms in total. The number of aromatic nitrogens is 4. The van der Waals surface area contributed by atoms with Crippen LogP contribution in [0.3, 0.4) is 0 Å². The summed E-state index contributed by atoms with van der Waals surface area (Å²) in [5.41, 5.74) is 4.13. The number of hydrogen-bond acceptors (Lipinski definition) is 5. The van der Waals surface area contributed by atoms with Crippen molar-refractivity contribution < 1.29 is 4.79 Å². The van der Waals surface area contributed by atoms with E-state index in [0.717, 1.165) is 27.6 Å². The number of benzene rings is 3. The molecule has 5 rings (SSSR count). The van der Waals surface area contributed by atoms with Crippen LogP contribution in [0.4, 0.5) is 0 Å². The molecule has 35 heavy (non-hydrogen) atoms. The molecule has 0 aliphatic carbocycles. The molecule has 0 bridgehead atoms. The lowest BCUT2D eigenvalue weighted by molar-refractivity contribution is -0.119. The standard InChI is InChI=1S/C28H25N5OS/c1-19-10-12-23(13-11-19)33-27(22-14-16-29-17-15-22)31-32-28(33)35-18-26(34)30-20(2)24-9-5-7-21-6-3-4-8-25(21)24/h3-17,20H,18H2,1-2H3,(H,30,34). The van der Waals surface area contributed by atoms with E-state index in [9.17, 15) is 4.79 Å². The van der Waals surface area contributed by atoms with Crippen molar-refractivity contribution in [3.63, 3.8) is 0 Å². The fraction of sp³-hybridized carbons (Fsp3) is 0.143. The Morgan fingerprint density at radius 3 is 2.49 bits per heavy atom. The summed E-state index contributed by atoms with van der Waals surface area (Å²) in [6.45, 7) is 4.07. The number of aryl methyl sites for hydroxylation is 1. The lowest BCUT2D eigenvalue weighted by Crippen LogP contribution is -2.28. The average molecular weight is 480 g/mol. The number of hydrogen-bond donors (Lipinski definition) is 1. The van der Waals surface area contributed by atoms with Crippen molar-refractivity contribution in [2.75, 3.05) is 5.75 Å². The van der Waals surface area contributed by atoms with Gasteiger partial charge in [-0.3, -0.25) is 14.3 Å². The molecule has 1 atom stereocenters. The highest BCUT2D eigenvalue weighted by molar-refractivity contribution is 7.99. The molecule has 0 saturated carbocycles. The van der Waals surface area contributed by atoms with Crippen molar-refractivity contribution in [1.29, 1.82) is 0 Å². The van der Waals surface area contributed by atoms with Crippen LogP contribution in [0.5, 0.6) is 0 Å². The molecule has 1 amide bonds. The van der Waals surface area contributed by atoms with E-state index in [0.29, 0.717) is 11.0 Å². The second kappa shape index (κ2) is 10.1. The molecule has 0 spiro atoms. The van der Waals surface area contributed by atoms with Gasteiger partial charge in [-0.15, -0.1) is 10.2 Å². The van der Waals surface area contributed by atoms with Gasteiger partial charge in [0.2, 0.25) is 5.91 Å². The van der Waals surface area contributed by atoms with Crippen molar-refractivity contribution in [2.24, 2.45) is 0 Å². The Kier molecular flexibility index (Phi) is 6.59. The van der Waals surface area contributed by atoms with Crippen LogP contribution in [0.1, 0.15) is 24.1 Å². The summed E-state index contributed by atoms with van der Waals surface area (Å²) in [4.78, 5) is 17.0. The first-order valence-electron chi connectivity index (χ1n) is 11.4. The van der Waals surface area contributed by atoms with Gasteiger partial charge in [0.25, 0.3) is 0 Å². The normalized spacial score (nSPS) is 11.9. The summed E-state index contributed by atoms with van der Waals surface area (Å²) in [6, 6.07) is 26.3. The van der Waals surface area contributed by atoms with Gasteiger partial charge in [-0.05, 0) is 54.4 Å². The lowest BCUT2D eigenvalue weighted by Gasteiger charge is -2.17. The number of thioether (sulfide) groups is 1. The first-order valence-corrected chi connectivity index (χ1v) is 12.4. The summed E-state index contributed by atoms with van der Waals surface area (Å²) in [5.74, 6) is 0.887. The van der Waals surface area contributed by atoms with Crippen LogP contribution in [0.15, 0.2) is 96.4 Å². The number of amides is 1. The van der Waals surface area contributed by atoms with Crippen LogP contribution in [0.25, 0.3) is 27.8 Å². The van der Waals surface area contributed by atoms with Crippen LogP contribution in [0.2, 0.25) is 0 Å². The predicted molar refractivity (Wildman–Crippen MR) is 141 cm³/mol. The zero-order valence-electron chi connectivity index (χ0n) is 19.6. The number of nitrogens with zero attached hydrogens (tertiary/aromatic N) is 4. The van der Waals surface area contributed by atoms with E-state index >= 15 is 0 Å². The lowest BCUT2D eigenvalue weighted by atomic mass is 10.00. The molecule has 2 heterocycles. The minimum absolute atomic E-state index is 0.0562. The van der Waals surface area contributed by atoms with Gasteiger partial charge >= 0.3 is 0 Å². The zero-order chi connectivity index (χ0) is 24.2. The van der Waals surface area contributed by atoms with Crippen molar-refractivity contribution in [3.8, 4) is 17.1 Å². The monoisotopic (exact) mass is 479 g/mol. The highest BCUT2D eigenvalue weighted by Gasteiger charge is 2.18. The van der Waals surface area contributed by atoms with E-state index in [1.165, 1.54) is 17.3 Å². The predicted octanol–water partition coefficient (Wildman–Crippen LogP) is 5.76. The molecular formula is C28H25N5OS. The highest BCUT2D eigenvalue weighted by atomic mass is 32.2. The number of fused-ring (bicyclic) bond motifs is 1. The first-order chi connectivity index (χ1) is 17.1. The fourth-order valence-electron chi connectivity index (χ4n) is 4.10. The van der Waals surface area contributed by atoms with E-state index in [2.05, 4.69) is 63.8 Å². The van der Waals surface area contributed by atoms with Gasteiger partial charge in [0, 0.05) is 23.6 Å². The van der Waals surface area contributed by atoms with Gasteiger partial charge < -0.3 is 5.32 Å². The Balaban J connectivity index is 1.36. The topological polar surface area (TPSA) is 72.7 Å². The van der Waals surface area contributed by atoms with Crippen LogP contribution >= 0.6 is 11.8 Å². The summed E-state index contributed by atoms with van der Waals surface area (Å²) in [6.07, 6.45) is 3.47. The van der Waals surface area contributed by atoms with E-state index in [1.54, 1.807) is 12.4 Å². The van der Waals surface area contributed by atoms with Gasteiger partial charge in [0.1, 0.15) is 0 Å². The van der Waals surface area contributed by atoms with Crippen LogP contribution < -0.4 is 5.32 Å². The second-order valence-electron chi connectivity index (χ2n) is 8.36. The Morgan fingerprint density at radius 2 is 1.69 bits per heavy atom. The Morgan fingerprint density at radius 1 is 0.943 bits per heavy atom. The van der Waals surface area contributed by atoms with Gasteiger partial charge in [0.15, 0.2) is 11.0 Å². The molecule has 7 heteroatoms. The minimum Gasteiger partial charge on any atom is -0.349 e. The summed E-state index contributed by atoms with van der Waals surface area (Å²) in [5, 5.41) is 15.0. The van der Waals surface area contributed by atoms with Crippen molar-refractivity contribution in [1.82, 2.24) is 25.1 Å². The van der Waals surface area contributed by atoms with Gasteiger partial charge in [-0.2, -0.15) is 0 Å². The fourth-order valence-corrected chi connectivity index (χ4v) is 4.86. The van der Waals surface area contributed by atoms with Gasteiger partial charge in [-0.25, -0.2) is 0 Å².